The summed E-state index contributed by atoms with van der Waals surface area (Å²) in [5.41, 5.74) is 0. The number of carboxylic acid groups (broad SMARTS) is 1. The Morgan fingerprint density at radius 3 is 2.68 bits per heavy atom. The van der Waals surface area contributed by atoms with Crippen molar-refractivity contribution in [3.8, 4) is 0 Å². The molecule has 0 radical (unpaired) electrons. The minimum atomic E-state index is -0.825. The molecular formula is C14H26N2O3. The first-order valence-corrected chi connectivity index (χ1v) is 7.42. The Morgan fingerprint density at radius 1 is 1.32 bits per heavy atom. The quantitative estimate of drug-likeness (QED) is 0.703. The smallest absolute Gasteiger partial charge is 0.332 e. The first kappa shape index (κ1) is 14.8. The van der Waals surface area contributed by atoms with E-state index >= 15 is 0 Å². The zero-order valence-electron chi connectivity index (χ0n) is 11.8. The van der Waals surface area contributed by atoms with Gasteiger partial charge in [0.15, 0.2) is 6.10 Å². The Balaban J connectivity index is 1.52. The number of carbonyl (C=O) groups is 1. The second-order valence-electron chi connectivity index (χ2n) is 5.90. The van der Waals surface area contributed by atoms with Crippen LogP contribution in [0.4, 0.5) is 0 Å². The van der Waals surface area contributed by atoms with Gasteiger partial charge < -0.3 is 20.1 Å². The summed E-state index contributed by atoms with van der Waals surface area (Å²) in [6.45, 7) is 4.25. The van der Waals surface area contributed by atoms with Crippen molar-refractivity contribution in [2.24, 2.45) is 5.92 Å². The molecule has 2 unspecified atom stereocenters. The SMILES string of the molecule is CN1CCC(CCNCC2CCC(C(=O)O)O2)CC1. The van der Waals surface area contributed by atoms with Gasteiger partial charge in [-0.25, -0.2) is 4.79 Å². The fourth-order valence-corrected chi connectivity index (χ4v) is 2.96. The molecule has 0 aromatic rings. The van der Waals surface area contributed by atoms with Crippen LogP contribution in [0.1, 0.15) is 32.1 Å². The standard InChI is InChI=1S/C14H26N2O3/c1-16-8-5-11(6-9-16)4-7-15-10-12-2-3-13(19-12)14(17)18/h11-13,15H,2-10H2,1H3,(H,17,18). The fraction of sp³-hybridized carbons (Fsp3) is 0.929. The van der Waals surface area contributed by atoms with E-state index in [1.165, 1.54) is 32.4 Å². The number of hydrogen-bond acceptors (Lipinski definition) is 4. The molecule has 0 amide bonds. The van der Waals surface area contributed by atoms with E-state index in [0.29, 0.717) is 6.42 Å². The summed E-state index contributed by atoms with van der Waals surface area (Å²) >= 11 is 0. The topological polar surface area (TPSA) is 61.8 Å². The van der Waals surface area contributed by atoms with Crippen LogP contribution in [0.2, 0.25) is 0 Å². The Labute approximate surface area is 115 Å². The Hall–Kier alpha value is -0.650. The molecule has 2 aliphatic heterocycles. The van der Waals surface area contributed by atoms with Crippen LogP contribution in [0.3, 0.4) is 0 Å². The number of hydrogen-bond donors (Lipinski definition) is 2. The maximum atomic E-state index is 10.8. The lowest BCUT2D eigenvalue weighted by atomic mass is 9.94. The maximum Gasteiger partial charge on any atom is 0.332 e. The van der Waals surface area contributed by atoms with Gasteiger partial charge in [0.25, 0.3) is 0 Å². The molecule has 2 rings (SSSR count). The number of rotatable bonds is 6. The predicted molar refractivity (Wildman–Crippen MR) is 73.2 cm³/mol. The number of carboxylic acids is 1. The van der Waals surface area contributed by atoms with E-state index in [1.54, 1.807) is 0 Å². The molecule has 110 valence electrons. The van der Waals surface area contributed by atoms with Crippen molar-refractivity contribution in [1.29, 1.82) is 0 Å². The molecule has 2 fully saturated rings. The Kier molecular flexibility index (Phi) is 5.60. The van der Waals surface area contributed by atoms with Crippen molar-refractivity contribution in [3.63, 3.8) is 0 Å². The summed E-state index contributed by atoms with van der Waals surface area (Å²) in [5, 5.41) is 12.3. The molecule has 0 bridgehead atoms. The number of piperidine rings is 1. The van der Waals surface area contributed by atoms with Crippen LogP contribution in [0, 0.1) is 5.92 Å². The van der Waals surface area contributed by atoms with Crippen molar-refractivity contribution in [2.75, 3.05) is 33.2 Å². The third-order valence-electron chi connectivity index (χ3n) is 4.32. The second kappa shape index (κ2) is 7.22. The normalized spacial score (nSPS) is 29.7. The van der Waals surface area contributed by atoms with Gasteiger partial charge in [0.1, 0.15) is 0 Å². The molecule has 0 spiro atoms. The third-order valence-corrected chi connectivity index (χ3v) is 4.32. The lowest BCUT2D eigenvalue weighted by molar-refractivity contribution is -0.149. The van der Waals surface area contributed by atoms with Gasteiger partial charge in [0, 0.05) is 6.54 Å². The second-order valence-corrected chi connectivity index (χ2v) is 5.90. The van der Waals surface area contributed by atoms with Gasteiger partial charge in [-0.2, -0.15) is 0 Å². The number of ether oxygens (including phenoxy) is 1. The van der Waals surface area contributed by atoms with Gasteiger partial charge in [0.2, 0.25) is 0 Å². The maximum absolute atomic E-state index is 10.8. The van der Waals surface area contributed by atoms with E-state index in [2.05, 4.69) is 17.3 Å². The van der Waals surface area contributed by atoms with E-state index in [9.17, 15) is 4.79 Å². The molecule has 2 N–H and O–H groups in total. The van der Waals surface area contributed by atoms with Crippen molar-refractivity contribution in [1.82, 2.24) is 10.2 Å². The Bertz CT molecular complexity index is 290. The van der Waals surface area contributed by atoms with Crippen LogP contribution in [0.5, 0.6) is 0 Å². The average molecular weight is 270 g/mol. The van der Waals surface area contributed by atoms with E-state index < -0.39 is 12.1 Å². The van der Waals surface area contributed by atoms with Crippen LogP contribution >= 0.6 is 0 Å². The molecule has 2 aliphatic rings. The van der Waals surface area contributed by atoms with E-state index in [0.717, 1.165) is 25.4 Å². The average Bonchev–Trinajstić information content (AvgIpc) is 2.86. The highest BCUT2D eigenvalue weighted by atomic mass is 16.5. The monoisotopic (exact) mass is 270 g/mol. The lowest BCUT2D eigenvalue weighted by Gasteiger charge is -2.29. The van der Waals surface area contributed by atoms with Crippen molar-refractivity contribution < 1.29 is 14.6 Å². The Morgan fingerprint density at radius 2 is 2.05 bits per heavy atom. The van der Waals surface area contributed by atoms with Gasteiger partial charge >= 0.3 is 5.97 Å². The first-order valence-electron chi connectivity index (χ1n) is 7.42. The van der Waals surface area contributed by atoms with Crippen LogP contribution in [0.15, 0.2) is 0 Å². The number of aliphatic carboxylic acids is 1. The van der Waals surface area contributed by atoms with Gasteiger partial charge in [0.05, 0.1) is 6.10 Å². The summed E-state index contributed by atoms with van der Waals surface area (Å²) < 4.78 is 5.46. The zero-order valence-corrected chi connectivity index (χ0v) is 11.8. The van der Waals surface area contributed by atoms with Crippen LogP contribution in [-0.2, 0) is 9.53 Å². The highest BCUT2D eigenvalue weighted by molar-refractivity contribution is 5.72. The van der Waals surface area contributed by atoms with Crippen LogP contribution in [-0.4, -0.2) is 61.4 Å². The molecule has 0 aliphatic carbocycles. The van der Waals surface area contributed by atoms with Crippen LogP contribution < -0.4 is 5.32 Å². The molecule has 0 aromatic heterocycles. The summed E-state index contributed by atoms with van der Waals surface area (Å²) in [6.07, 6.45) is 4.84. The van der Waals surface area contributed by atoms with E-state index in [4.69, 9.17) is 9.84 Å². The summed E-state index contributed by atoms with van der Waals surface area (Å²) in [7, 11) is 2.19. The molecule has 2 atom stereocenters. The molecule has 19 heavy (non-hydrogen) atoms. The van der Waals surface area contributed by atoms with Gasteiger partial charge in [-0.3, -0.25) is 0 Å². The molecule has 2 heterocycles. The van der Waals surface area contributed by atoms with Gasteiger partial charge in [-0.1, -0.05) is 0 Å². The van der Waals surface area contributed by atoms with Crippen molar-refractivity contribution in [3.05, 3.63) is 0 Å². The molecule has 2 saturated heterocycles. The highest BCUT2D eigenvalue weighted by Crippen LogP contribution is 2.20. The van der Waals surface area contributed by atoms with Crippen LogP contribution in [0.25, 0.3) is 0 Å². The molecular weight excluding hydrogens is 244 g/mol. The minimum absolute atomic E-state index is 0.0820. The number of nitrogens with zero attached hydrogens (tertiary/aromatic N) is 1. The molecule has 5 heteroatoms. The highest BCUT2D eigenvalue weighted by Gasteiger charge is 2.29. The summed E-state index contributed by atoms with van der Waals surface area (Å²) in [5.74, 6) is 0.0220. The van der Waals surface area contributed by atoms with Crippen molar-refractivity contribution in [2.45, 2.75) is 44.3 Å². The number of nitrogens with one attached hydrogen (secondary N) is 1. The van der Waals surface area contributed by atoms with E-state index in [1.807, 2.05) is 0 Å². The predicted octanol–water partition coefficient (Wildman–Crippen LogP) is 0.940. The number of likely N-dealkylation sites (tertiary alicyclic amines) is 1. The zero-order chi connectivity index (χ0) is 13.7. The van der Waals surface area contributed by atoms with Crippen molar-refractivity contribution >= 4 is 5.97 Å². The minimum Gasteiger partial charge on any atom is -0.479 e. The molecule has 0 saturated carbocycles. The van der Waals surface area contributed by atoms with E-state index in [-0.39, 0.29) is 6.10 Å². The molecule has 0 aromatic carbocycles. The fourth-order valence-electron chi connectivity index (χ4n) is 2.96. The largest absolute Gasteiger partial charge is 0.479 e. The first-order chi connectivity index (χ1) is 9.15. The summed E-state index contributed by atoms with van der Waals surface area (Å²) in [6, 6.07) is 0. The van der Waals surface area contributed by atoms with Gasteiger partial charge in [-0.05, 0) is 64.7 Å². The molecule has 5 nitrogen and oxygen atoms in total. The van der Waals surface area contributed by atoms with Gasteiger partial charge in [-0.15, -0.1) is 0 Å². The summed E-state index contributed by atoms with van der Waals surface area (Å²) in [4.78, 5) is 13.2. The lowest BCUT2D eigenvalue weighted by Crippen LogP contribution is -2.33. The third kappa shape index (κ3) is 4.75.